The van der Waals surface area contributed by atoms with Gasteiger partial charge in [-0.25, -0.2) is 9.97 Å². The molecule has 1 heterocycles. The molecule has 0 aliphatic rings. The molecule has 0 amide bonds. The molecule has 0 aromatic carbocycles. The highest BCUT2D eigenvalue weighted by molar-refractivity contribution is 5.74. The molecule has 1 aromatic rings. The summed E-state index contributed by atoms with van der Waals surface area (Å²) in [5.41, 5.74) is 6.55. The molecule has 0 unspecified atom stereocenters. The number of aromatic nitrogens is 2. The summed E-state index contributed by atoms with van der Waals surface area (Å²) in [7, 11) is 3.82. The van der Waals surface area contributed by atoms with Crippen molar-refractivity contribution in [3.8, 4) is 0 Å². The number of anilines is 3. The van der Waals surface area contributed by atoms with Crippen molar-refractivity contribution in [2.75, 3.05) is 36.6 Å². The normalized spacial score (nSPS) is 10.1. The molecular formula is C10H19N5. The number of hydrogen-bond acceptors (Lipinski definition) is 5. The zero-order chi connectivity index (χ0) is 11.3. The molecule has 3 N–H and O–H groups in total. The number of nitrogens with two attached hydrogens (primary N) is 1. The van der Waals surface area contributed by atoms with Gasteiger partial charge >= 0.3 is 0 Å². The first-order valence-corrected chi connectivity index (χ1v) is 5.18. The highest BCUT2D eigenvalue weighted by Gasteiger charge is 2.08. The summed E-state index contributed by atoms with van der Waals surface area (Å²) < 4.78 is 0. The van der Waals surface area contributed by atoms with Gasteiger partial charge in [0.1, 0.15) is 12.0 Å². The zero-order valence-corrected chi connectivity index (χ0v) is 9.62. The molecule has 0 fully saturated rings. The minimum Gasteiger partial charge on any atom is -0.393 e. The average molecular weight is 209 g/mol. The Morgan fingerprint density at radius 3 is 2.73 bits per heavy atom. The Labute approximate surface area is 90.7 Å². The first kappa shape index (κ1) is 11.6. The third-order valence-corrected chi connectivity index (χ3v) is 2.11. The Morgan fingerprint density at radius 1 is 1.40 bits per heavy atom. The standard InChI is InChI=1S/C10H19N5/c1-4-5-6-12-9-8(11)10(15(2)3)14-7-13-9/h7H,4-6,11H2,1-3H3,(H,12,13,14). The molecule has 0 aliphatic carbocycles. The summed E-state index contributed by atoms with van der Waals surface area (Å²) in [5, 5.41) is 3.21. The lowest BCUT2D eigenvalue weighted by molar-refractivity contribution is 0.830. The second-order valence-electron chi connectivity index (χ2n) is 3.63. The van der Waals surface area contributed by atoms with E-state index in [9.17, 15) is 0 Å². The third kappa shape index (κ3) is 2.97. The molecular weight excluding hydrogens is 190 g/mol. The van der Waals surface area contributed by atoms with E-state index < -0.39 is 0 Å². The van der Waals surface area contributed by atoms with Crippen LogP contribution in [0.5, 0.6) is 0 Å². The van der Waals surface area contributed by atoms with E-state index in [0.29, 0.717) is 5.69 Å². The Morgan fingerprint density at radius 2 is 2.13 bits per heavy atom. The Hall–Kier alpha value is -1.52. The van der Waals surface area contributed by atoms with Gasteiger partial charge in [0.2, 0.25) is 0 Å². The minimum atomic E-state index is 0.610. The summed E-state index contributed by atoms with van der Waals surface area (Å²) in [4.78, 5) is 10.1. The van der Waals surface area contributed by atoms with E-state index in [1.807, 2.05) is 19.0 Å². The van der Waals surface area contributed by atoms with E-state index in [2.05, 4.69) is 22.2 Å². The number of rotatable bonds is 5. The van der Waals surface area contributed by atoms with Gasteiger partial charge in [0.15, 0.2) is 11.6 Å². The maximum Gasteiger partial charge on any atom is 0.156 e. The van der Waals surface area contributed by atoms with Gasteiger partial charge in [0.25, 0.3) is 0 Å². The average Bonchev–Trinajstić information content (AvgIpc) is 2.20. The van der Waals surface area contributed by atoms with E-state index in [0.717, 1.165) is 31.0 Å². The molecule has 1 rings (SSSR count). The molecule has 0 atom stereocenters. The lowest BCUT2D eigenvalue weighted by atomic mass is 10.3. The van der Waals surface area contributed by atoms with Crippen molar-refractivity contribution in [3.63, 3.8) is 0 Å². The van der Waals surface area contributed by atoms with E-state index in [1.165, 1.54) is 6.33 Å². The van der Waals surface area contributed by atoms with Gasteiger partial charge in [0, 0.05) is 20.6 Å². The van der Waals surface area contributed by atoms with Crippen molar-refractivity contribution in [2.45, 2.75) is 19.8 Å². The molecule has 5 nitrogen and oxygen atoms in total. The van der Waals surface area contributed by atoms with Crippen molar-refractivity contribution in [3.05, 3.63) is 6.33 Å². The summed E-state index contributed by atoms with van der Waals surface area (Å²) in [6, 6.07) is 0. The van der Waals surface area contributed by atoms with Gasteiger partial charge in [0.05, 0.1) is 0 Å². The quantitative estimate of drug-likeness (QED) is 0.716. The predicted molar refractivity (Wildman–Crippen MR) is 64.2 cm³/mol. The van der Waals surface area contributed by atoms with E-state index >= 15 is 0 Å². The van der Waals surface area contributed by atoms with Crippen LogP contribution in [0.15, 0.2) is 6.33 Å². The molecule has 0 bridgehead atoms. The number of hydrogen-bond donors (Lipinski definition) is 2. The van der Waals surface area contributed by atoms with Gasteiger partial charge < -0.3 is 16.0 Å². The fourth-order valence-electron chi connectivity index (χ4n) is 1.27. The molecule has 0 spiro atoms. The van der Waals surface area contributed by atoms with Crippen LogP contribution in [0.2, 0.25) is 0 Å². The maximum atomic E-state index is 5.94. The zero-order valence-electron chi connectivity index (χ0n) is 9.62. The number of nitrogens with zero attached hydrogens (tertiary/aromatic N) is 3. The van der Waals surface area contributed by atoms with Crippen LogP contribution in [-0.4, -0.2) is 30.6 Å². The lowest BCUT2D eigenvalue weighted by Crippen LogP contribution is -2.15. The highest BCUT2D eigenvalue weighted by Crippen LogP contribution is 2.23. The fourth-order valence-corrected chi connectivity index (χ4v) is 1.27. The molecule has 0 radical (unpaired) electrons. The topological polar surface area (TPSA) is 67.1 Å². The minimum absolute atomic E-state index is 0.610. The van der Waals surface area contributed by atoms with Crippen LogP contribution in [-0.2, 0) is 0 Å². The fraction of sp³-hybridized carbons (Fsp3) is 0.600. The summed E-state index contributed by atoms with van der Waals surface area (Å²) in [6.07, 6.45) is 3.79. The molecule has 1 aromatic heterocycles. The van der Waals surface area contributed by atoms with Gasteiger partial charge in [-0.1, -0.05) is 13.3 Å². The molecule has 15 heavy (non-hydrogen) atoms. The highest BCUT2D eigenvalue weighted by atomic mass is 15.2. The third-order valence-electron chi connectivity index (χ3n) is 2.11. The van der Waals surface area contributed by atoms with E-state index in [1.54, 1.807) is 0 Å². The lowest BCUT2D eigenvalue weighted by Gasteiger charge is -2.15. The van der Waals surface area contributed by atoms with Crippen molar-refractivity contribution in [2.24, 2.45) is 0 Å². The van der Waals surface area contributed by atoms with Crippen molar-refractivity contribution in [1.29, 1.82) is 0 Å². The van der Waals surface area contributed by atoms with Gasteiger partial charge in [-0.15, -0.1) is 0 Å². The largest absolute Gasteiger partial charge is 0.393 e. The van der Waals surface area contributed by atoms with Crippen LogP contribution in [0.1, 0.15) is 19.8 Å². The predicted octanol–water partition coefficient (Wildman–Crippen LogP) is 1.34. The van der Waals surface area contributed by atoms with Gasteiger partial charge in [-0.05, 0) is 6.42 Å². The summed E-state index contributed by atoms with van der Waals surface area (Å²) in [5.74, 6) is 1.48. The molecule has 0 saturated carbocycles. The van der Waals surface area contributed by atoms with Crippen molar-refractivity contribution >= 4 is 17.3 Å². The number of unbranched alkanes of at least 4 members (excludes halogenated alkanes) is 1. The Balaban J connectivity index is 2.75. The Bertz CT molecular complexity index is 311. The first-order valence-electron chi connectivity index (χ1n) is 5.18. The Kier molecular flexibility index (Phi) is 4.15. The van der Waals surface area contributed by atoms with Crippen LogP contribution in [0.25, 0.3) is 0 Å². The molecule has 0 aliphatic heterocycles. The summed E-state index contributed by atoms with van der Waals surface area (Å²) in [6.45, 7) is 3.04. The SMILES string of the molecule is CCCCNc1ncnc(N(C)C)c1N. The first-order chi connectivity index (χ1) is 7.16. The number of nitrogen functional groups attached to an aromatic ring is 1. The van der Waals surface area contributed by atoms with Crippen LogP contribution in [0.3, 0.4) is 0 Å². The maximum absolute atomic E-state index is 5.94. The molecule has 0 saturated heterocycles. The van der Waals surface area contributed by atoms with Crippen molar-refractivity contribution < 1.29 is 0 Å². The molecule has 5 heteroatoms. The van der Waals surface area contributed by atoms with E-state index in [-0.39, 0.29) is 0 Å². The number of nitrogens with one attached hydrogen (secondary N) is 1. The van der Waals surface area contributed by atoms with Gasteiger partial charge in [-0.3, -0.25) is 0 Å². The van der Waals surface area contributed by atoms with E-state index in [4.69, 9.17) is 5.73 Å². The summed E-state index contributed by atoms with van der Waals surface area (Å²) >= 11 is 0. The van der Waals surface area contributed by atoms with Crippen LogP contribution in [0.4, 0.5) is 17.3 Å². The smallest absolute Gasteiger partial charge is 0.156 e. The monoisotopic (exact) mass is 209 g/mol. The van der Waals surface area contributed by atoms with Crippen LogP contribution < -0.4 is 16.0 Å². The van der Waals surface area contributed by atoms with Crippen molar-refractivity contribution in [1.82, 2.24) is 9.97 Å². The van der Waals surface area contributed by atoms with Crippen LogP contribution in [0, 0.1) is 0 Å². The second-order valence-corrected chi connectivity index (χ2v) is 3.63. The molecule has 84 valence electrons. The van der Waals surface area contributed by atoms with Gasteiger partial charge in [-0.2, -0.15) is 0 Å². The van der Waals surface area contributed by atoms with Crippen LogP contribution >= 0.6 is 0 Å². The second kappa shape index (κ2) is 5.38.